The molecule has 7 heteroatoms. The minimum atomic E-state index is -0.476. The molecule has 5 nitrogen and oxygen atoms in total. The fourth-order valence-electron chi connectivity index (χ4n) is 2.46. The van der Waals surface area contributed by atoms with E-state index in [1.165, 1.54) is 54.8 Å². The molecule has 2 aromatic carbocycles. The highest BCUT2D eigenvalue weighted by molar-refractivity contribution is 7.16. The predicted octanol–water partition coefficient (Wildman–Crippen LogP) is 3.56. The van der Waals surface area contributed by atoms with Gasteiger partial charge in [0.05, 0.1) is 22.9 Å². The minimum Gasteiger partial charge on any atom is -0.465 e. The van der Waals surface area contributed by atoms with Crippen LogP contribution in [0.15, 0.2) is 60.1 Å². The van der Waals surface area contributed by atoms with Crippen molar-refractivity contribution in [1.82, 2.24) is 4.57 Å². The summed E-state index contributed by atoms with van der Waals surface area (Å²) in [5, 5.41) is 0. The van der Waals surface area contributed by atoms with E-state index in [2.05, 4.69) is 16.3 Å². The Bertz CT molecular complexity index is 1060. The molecule has 0 aliphatic carbocycles. The molecular formula is C19H15FN2O3S. The number of methoxy groups -OCH3 is 1. The van der Waals surface area contributed by atoms with Crippen LogP contribution in [0, 0.1) is 5.82 Å². The highest BCUT2D eigenvalue weighted by Gasteiger charge is 2.11. The predicted molar refractivity (Wildman–Crippen MR) is 97.6 cm³/mol. The van der Waals surface area contributed by atoms with Crippen LogP contribution in [0.4, 0.5) is 4.39 Å². The molecule has 1 heterocycles. The van der Waals surface area contributed by atoms with Gasteiger partial charge in [-0.15, -0.1) is 6.58 Å². The van der Waals surface area contributed by atoms with Gasteiger partial charge in [-0.1, -0.05) is 17.4 Å². The summed E-state index contributed by atoms with van der Waals surface area (Å²) >= 11 is 1.23. The van der Waals surface area contributed by atoms with Crippen molar-refractivity contribution in [3.8, 4) is 0 Å². The maximum atomic E-state index is 13.5. The molecule has 26 heavy (non-hydrogen) atoms. The number of carbonyl (C=O) groups is 2. The molecule has 0 spiro atoms. The van der Waals surface area contributed by atoms with Crippen molar-refractivity contribution in [2.24, 2.45) is 4.99 Å². The van der Waals surface area contributed by atoms with Gasteiger partial charge in [-0.2, -0.15) is 4.99 Å². The smallest absolute Gasteiger partial charge is 0.337 e. The number of rotatable bonds is 4. The maximum absolute atomic E-state index is 13.5. The summed E-state index contributed by atoms with van der Waals surface area (Å²) in [7, 11) is 1.29. The summed E-state index contributed by atoms with van der Waals surface area (Å²) < 4.78 is 20.6. The Balaban J connectivity index is 2.03. The summed E-state index contributed by atoms with van der Waals surface area (Å²) in [5.74, 6) is -1.27. The number of halogens is 1. The van der Waals surface area contributed by atoms with Gasteiger partial charge in [0.25, 0.3) is 5.91 Å². The van der Waals surface area contributed by atoms with Crippen LogP contribution in [0.2, 0.25) is 0 Å². The number of hydrogen-bond donors (Lipinski definition) is 0. The molecule has 1 aromatic heterocycles. The van der Waals surface area contributed by atoms with E-state index >= 15 is 0 Å². The first-order valence-electron chi connectivity index (χ1n) is 7.70. The van der Waals surface area contributed by atoms with Gasteiger partial charge in [0, 0.05) is 12.1 Å². The molecular weight excluding hydrogens is 355 g/mol. The lowest BCUT2D eigenvalue weighted by Gasteiger charge is -2.01. The van der Waals surface area contributed by atoms with Crippen LogP contribution in [0.1, 0.15) is 20.7 Å². The Kier molecular flexibility index (Phi) is 5.09. The van der Waals surface area contributed by atoms with Crippen molar-refractivity contribution in [3.05, 3.63) is 76.9 Å². The number of fused-ring (bicyclic) bond motifs is 1. The van der Waals surface area contributed by atoms with E-state index in [1.807, 2.05) is 0 Å². The summed E-state index contributed by atoms with van der Waals surface area (Å²) in [6.45, 7) is 4.16. The average molecular weight is 370 g/mol. The van der Waals surface area contributed by atoms with E-state index in [0.717, 1.165) is 5.52 Å². The van der Waals surface area contributed by atoms with Crippen LogP contribution in [0.25, 0.3) is 10.2 Å². The van der Waals surface area contributed by atoms with Crippen molar-refractivity contribution < 1.29 is 18.7 Å². The zero-order valence-corrected chi connectivity index (χ0v) is 14.8. The number of amides is 1. The SMILES string of the molecule is C=CCn1c(=NC(=O)c2ccc(C(=O)OC)cc2)sc2cc(F)ccc21. The van der Waals surface area contributed by atoms with E-state index in [9.17, 15) is 14.0 Å². The van der Waals surface area contributed by atoms with Crippen molar-refractivity contribution >= 4 is 33.4 Å². The monoisotopic (exact) mass is 370 g/mol. The molecule has 0 saturated heterocycles. The van der Waals surface area contributed by atoms with Crippen LogP contribution in [-0.4, -0.2) is 23.6 Å². The molecule has 0 saturated carbocycles. The van der Waals surface area contributed by atoms with Crippen LogP contribution in [-0.2, 0) is 11.3 Å². The van der Waals surface area contributed by atoms with Gasteiger partial charge in [-0.3, -0.25) is 4.79 Å². The van der Waals surface area contributed by atoms with Crippen LogP contribution in [0.5, 0.6) is 0 Å². The molecule has 0 atom stereocenters. The van der Waals surface area contributed by atoms with Crippen molar-refractivity contribution in [1.29, 1.82) is 0 Å². The maximum Gasteiger partial charge on any atom is 0.337 e. The molecule has 0 aliphatic rings. The molecule has 0 fully saturated rings. The van der Waals surface area contributed by atoms with Crippen LogP contribution >= 0.6 is 11.3 Å². The van der Waals surface area contributed by atoms with Gasteiger partial charge in [0.15, 0.2) is 4.80 Å². The third kappa shape index (κ3) is 3.48. The zero-order chi connectivity index (χ0) is 18.7. The molecule has 0 bridgehead atoms. The first-order valence-corrected chi connectivity index (χ1v) is 8.52. The second-order valence-corrected chi connectivity index (χ2v) is 6.39. The molecule has 132 valence electrons. The lowest BCUT2D eigenvalue weighted by atomic mass is 10.1. The van der Waals surface area contributed by atoms with E-state index in [-0.39, 0.29) is 5.82 Å². The number of aromatic nitrogens is 1. The molecule has 0 N–H and O–H groups in total. The number of ether oxygens (including phenoxy) is 1. The largest absolute Gasteiger partial charge is 0.465 e. The first kappa shape index (κ1) is 17.8. The summed E-state index contributed by atoms with van der Waals surface area (Å²) in [6, 6.07) is 10.5. The number of nitrogens with zero attached hydrogens (tertiary/aromatic N) is 2. The lowest BCUT2D eigenvalue weighted by Crippen LogP contribution is -2.16. The Morgan fingerprint density at radius 2 is 1.92 bits per heavy atom. The highest BCUT2D eigenvalue weighted by atomic mass is 32.1. The highest BCUT2D eigenvalue weighted by Crippen LogP contribution is 2.19. The van der Waals surface area contributed by atoms with E-state index in [1.54, 1.807) is 16.7 Å². The standard InChI is InChI=1S/C19H15FN2O3S/c1-3-10-22-15-9-8-14(20)11-16(15)26-19(22)21-17(23)12-4-6-13(7-5-12)18(24)25-2/h3-9,11H,1,10H2,2H3. The van der Waals surface area contributed by atoms with Gasteiger partial charge in [-0.05, 0) is 42.5 Å². The number of esters is 1. The molecule has 0 unspecified atom stereocenters. The fourth-order valence-corrected chi connectivity index (χ4v) is 3.52. The summed E-state index contributed by atoms with van der Waals surface area (Å²) in [4.78, 5) is 28.5. The summed E-state index contributed by atoms with van der Waals surface area (Å²) in [5.41, 5.74) is 1.47. The normalized spacial score (nSPS) is 11.5. The number of thiazole rings is 1. The Morgan fingerprint density at radius 1 is 1.23 bits per heavy atom. The second-order valence-electron chi connectivity index (χ2n) is 5.38. The number of carbonyl (C=O) groups excluding carboxylic acids is 2. The first-order chi connectivity index (χ1) is 12.5. The molecule has 0 radical (unpaired) electrons. The van der Waals surface area contributed by atoms with Crippen LogP contribution < -0.4 is 4.80 Å². The average Bonchev–Trinajstić information content (AvgIpc) is 2.97. The van der Waals surface area contributed by atoms with Gasteiger partial charge in [0.2, 0.25) is 0 Å². The van der Waals surface area contributed by atoms with E-state index in [4.69, 9.17) is 0 Å². The van der Waals surface area contributed by atoms with Crippen molar-refractivity contribution in [3.63, 3.8) is 0 Å². The van der Waals surface area contributed by atoms with Gasteiger partial charge < -0.3 is 9.30 Å². The molecule has 3 aromatic rings. The fraction of sp³-hybridized carbons (Fsp3) is 0.105. The zero-order valence-electron chi connectivity index (χ0n) is 13.9. The third-order valence-electron chi connectivity index (χ3n) is 3.71. The minimum absolute atomic E-state index is 0.339. The van der Waals surface area contributed by atoms with Gasteiger partial charge >= 0.3 is 5.97 Å². The topological polar surface area (TPSA) is 60.7 Å². The van der Waals surface area contributed by atoms with Crippen LogP contribution in [0.3, 0.4) is 0 Å². The number of benzene rings is 2. The lowest BCUT2D eigenvalue weighted by molar-refractivity contribution is 0.0600. The Morgan fingerprint density at radius 3 is 2.58 bits per heavy atom. The second kappa shape index (κ2) is 7.45. The third-order valence-corrected chi connectivity index (χ3v) is 4.75. The Hall–Kier alpha value is -3.06. The van der Waals surface area contributed by atoms with Crippen molar-refractivity contribution in [2.45, 2.75) is 6.54 Å². The van der Waals surface area contributed by atoms with E-state index < -0.39 is 11.9 Å². The number of hydrogen-bond acceptors (Lipinski definition) is 4. The summed E-state index contributed by atoms with van der Waals surface area (Å²) in [6.07, 6.45) is 1.68. The molecule has 1 amide bonds. The van der Waals surface area contributed by atoms with E-state index in [0.29, 0.717) is 27.2 Å². The quantitative estimate of drug-likeness (QED) is 0.521. The number of allylic oxidation sites excluding steroid dienone is 1. The van der Waals surface area contributed by atoms with Gasteiger partial charge in [0.1, 0.15) is 5.82 Å². The molecule has 3 rings (SSSR count). The molecule has 0 aliphatic heterocycles. The van der Waals surface area contributed by atoms with Gasteiger partial charge in [-0.25, -0.2) is 9.18 Å². The van der Waals surface area contributed by atoms with Crippen molar-refractivity contribution in [2.75, 3.05) is 7.11 Å². The Labute approximate surface area is 152 Å².